The van der Waals surface area contributed by atoms with Crippen LogP contribution in [-0.2, 0) is 6.42 Å². The molecule has 0 heterocycles. The summed E-state index contributed by atoms with van der Waals surface area (Å²) >= 11 is 0. The second-order valence-corrected chi connectivity index (χ2v) is 9.01. The molecule has 3 unspecified atom stereocenters. The SMILES string of the molecule is CC1=C2CCCC(O)(Cc3ccccc3)C2CCC1NC1CCCCC1. The van der Waals surface area contributed by atoms with Crippen LogP contribution in [0.25, 0.3) is 0 Å². The molecule has 0 radical (unpaired) electrons. The Hall–Kier alpha value is -1.12. The average molecular weight is 354 g/mol. The van der Waals surface area contributed by atoms with Gasteiger partial charge < -0.3 is 10.4 Å². The second kappa shape index (κ2) is 7.86. The molecule has 2 heteroatoms. The lowest BCUT2D eigenvalue weighted by Gasteiger charge is -2.47. The molecule has 142 valence electrons. The zero-order valence-corrected chi connectivity index (χ0v) is 16.3. The Morgan fingerprint density at radius 2 is 1.77 bits per heavy atom. The van der Waals surface area contributed by atoms with Crippen molar-refractivity contribution in [2.75, 3.05) is 0 Å². The van der Waals surface area contributed by atoms with Gasteiger partial charge in [0.15, 0.2) is 0 Å². The summed E-state index contributed by atoms with van der Waals surface area (Å²) < 4.78 is 0. The third-order valence-electron chi connectivity index (χ3n) is 7.29. The maximum atomic E-state index is 11.6. The smallest absolute Gasteiger partial charge is 0.0753 e. The molecule has 0 aliphatic heterocycles. The van der Waals surface area contributed by atoms with Crippen LogP contribution in [0.15, 0.2) is 41.5 Å². The van der Waals surface area contributed by atoms with Crippen molar-refractivity contribution in [3.63, 3.8) is 0 Å². The first-order chi connectivity index (χ1) is 12.7. The van der Waals surface area contributed by atoms with Gasteiger partial charge in [-0.05, 0) is 57.4 Å². The summed E-state index contributed by atoms with van der Waals surface area (Å²) in [6, 6.07) is 11.8. The first kappa shape index (κ1) is 18.3. The van der Waals surface area contributed by atoms with Gasteiger partial charge in [-0.25, -0.2) is 0 Å². The predicted molar refractivity (Wildman–Crippen MR) is 108 cm³/mol. The van der Waals surface area contributed by atoms with E-state index in [2.05, 4.69) is 42.6 Å². The zero-order valence-electron chi connectivity index (χ0n) is 16.3. The van der Waals surface area contributed by atoms with Gasteiger partial charge in [0, 0.05) is 24.4 Å². The normalized spacial score (nSPS) is 33.2. The van der Waals surface area contributed by atoms with Gasteiger partial charge in [0.2, 0.25) is 0 Å². The Bertz CT molecular complexity index is 631. The lowest BCUT2D eigenvalue weighted by molar-refractivity contribution is -0.0337. The Labute approximate surface area is 159 Å². The van der Waals surface area contributed by atoms with E-state index in [4.69, 9.17) is 0 Å². The number of nitrogens with one attached hydrogen (secondary N) is 1. The van der Waals surface area contributed by atoms with Crippen molar-refractivity contribution in [3.8, 4) is 0 Å². The molecule has 2 fully saturated rings. The Kier molecular flexibility index (Phi) is 5.52. The van der Waals surface area contributed by atoms with E-state index in [0.717, 1.165) is 25.7 Å². The molecule has 1 aromatic carbocycles. The lowest BCUT2D eigenvalue weighted by Crippen LogP contribution is -2.49. The van der Waals surface area contributed by atoms with Crippen LogP contribution in [0.3, 0.4) is 0 Å². The summed E-state index contributed by atoms with van der Waals surface area (Å²) in [5.74, 6) is 0.362. The molecule has 3 atom stereocenters. The quantitative estimate of drug-likeness (QED) is 0.733. The average Bonchev–Trinajstić information content (AvgIpc) is 2.66. The minimum Gasteiger partial charge on any atom is -0.389 e. The molecule has 0 spiro atoms. The molecule has 26 heavy (non-hydrogen) atoms. The van der Waals surface area contributed by atoms with Gasteiger partial charge in [0.1, 0.15) is 0 Å². The molecule has 2 saturated carbocycles. The number of aliphatic hydroxyl groups is 1. The maximum Gasteiger partial charge on any atom is 0.0753 e. The number of rotatable bonds is 4. The molecule has 3 aliphatic carbocycles. The van der Waals surface area contributed by atoms with E-state index >= 15 is 0 Å². The summed E-state index contributed by atoms with van der Waals surface area (Å²) in [7, 11) is 0. The highest BCUT2D eigenvalue weighted by molar-refractivity contribution is 5.30. The largest absolute Gasteiger partial charge is 0.389 e. The number of fused-ring (bicyclic) bond motifs is 1. The minimum absolute atomic E-state index is 0.362. The van der Waals surface area contributed by atoms with Crippen LogP contribution in [0.2, 0.25) is 0 Å². The highest BCUT2D eigenvalue weighted by atomic mass is 16.3. The highest BCUT2D eigenvalue weighted by Crippen LogP contribution is 2.47. The first-order valence-corrected chi connectivity index (χ1v) is 10.9. The van der Waals surface area contributed by atoms with Crippen LogP contribution in [0.4, 0.5) is 0 Å². The van der Waals surface area contributed by atoms with E-state index in [-0.39, 0.29) is 0 Å². The molecular formula is C24H35NO. The molecule has 4 rings (SSSR count). The number of hydrogen-bond acceptors (Lipinski definition) is 2. The van der Waals surface area contributed by atoms with Crippen molar-refractivity contribution in [2.45, 2.75) is 95.2 Å². The molecule has 1 aromatic rings. The van der Waals surface area contributed by atoms with E-state index in [1.54, 1.807) is 11.1 Å². The summed E-state index contributed by atoms with van der Waals surface area (Å²) in [5, 5.41) is 15.6. The van der Waals surface area contributed by atoms with Gasteiger partial charge >= 0.3 is 0 Å². The Morgan fingerprint density at radius 3 is 2.54 bits per heavy atom. The van der Waals surface area contributed by atoms with Crippen LogP contribution < -0.4 is 5.32 Å². The Morgan fingerprint density at radius 1 is 1.00 bits per heavy atom. The summed E-state index contributed by atoms with van der Waals surface area (Å²) in [5.41, 5.74) is 3.86. The summed E-state index contributed by atoms with van der Waals surface area (Å²) in [6.07, 6.45) is 13.3. The maximum absolute atomic E-state index is 11.6. The molecule has 0 amide bonds. The van der Waals surface area contributed by atoms with Gasteiger partial charge in [-0.15, -0.1) is 0 Å². The first-order valence-electron chi connectivity index (χ1n) is 10.9. The molecule has 0 bridgehead atoms. The van der Waals surface area contributed by atoms with E-state index in [9.17, 15) is 5.11 Å². The van der Waals surface area contributed by atoms with Crippen molar-refractivity contribution < 1.29 is 5.11 Å². The fraction of sp³-hybridized carbons (Fsp3) is 0.667. The molecule has 0 aromatic heterocycles. The van der Waals surface area contributed by atoms with Gasteiger partial charge in [0.25, 0.3) is 0 Å². The minimum atomic E-state index is -0.550. The van der Waals surface area contributed by atoms with Crippen molar-refractivity contribution in [1.29, 1.82) is 0 Å². The summed E-state index contributed by atoms with van der Waals surface area (Å²) in [6.45, 7) is 2.34. The van der Waals surface area contributed by atoms with Crippen molar-refractivity contribution >= 4 is 0 Å². The van der Waals surface area contributed by atoms with Crippen LogP contribution >= 0.6 is 0 Å². The van der Waals surface area contributed by atoms with E-state index in [1.807, 2.05) is 0 Å². The second-order valence-electron chi connectivity index (χ2n) is 9.01. The molecule has 0 saturated heterocycles. The zero-order chi connectivity index (χ0) is 18.0. The van der Waals surface area contributed by atoms with Crippen molar-refractivity contribution in [1.82, 2.24) is 5.32 Å². The van der Waals surface area contributed by atoms with Gasteiger partial charge in [-0.1, -0.05) is 60.7 Å². The van der Waals surface area contributed by atoms with Crippen molar-refractivity contribution in [2.24, 2.45) is 5.92 Å². The van der Waals surface area contributed by atoms with E-state index in [1.165, 1.54) is 50.5 Å². The van der Waals surface area contributed by atoms with E-state index < -0.39 is 5.60 Å². The van der Waals surface area contributed by atoms with E-state index in [0.29, 0.717) is 18.0 Å². The van der Waals surface area contributed by atoms with Crippen molar-refractivity contribution in [3.05, 3.63) is 47.0 Å². The predicted octanol–water partition coefficient (Wildman–Crippen LogP) is 5.16. The van der Waals surface area contributed by atoms with Gasteiger partial charge in [-0.3, -0.25) is 0 Å². The Balaban J connectivity index is 1.51. The van der Waals surface area contributed by atoms with Gasteiger partial charge in [-0.2, -0.15) is 0 Å². The summed E-state index contributed by atoms with van der Waals surface area (Å²) in [4.78, 5) is 0. The fourth-order valence-electron chi connectivity index (χ4n) is 5.87. The third-order valence-corrected chi connectivity index (χ3v) is 7.29. The van der Waals surface area contributed by atoms with Crippen LogP contribution in [0, 0.1) is 5.92 Å². The highest BCUT2D eigenvalue weighted by Gasteiger charge is 2.44. The van der Waals surface area contributed by atoms with Crippen LogP contribution in [-0.4, -0.2) is 22.8 Å². The van der Waals surface area contributed by atoms with Crippen LogP contribution in [0.1, 0.15) is 76.7 Å². The monoisotopic (exact) mass is 353 g/mol. The lowest BCUT2D eigenvalue weighted by atomic mass is 9.63. The molecule has 2 N–H and O–H groups in total. The number of hydrogen-bond donors (Lipinski definition) is 2. The molecule has 3 aliphatic rings. The molecular weight excluding hydrogens is 318 g/mol. The third kappa shape index (κ3) is 3.77. The topological polar surface area (TPSA) is 32.3 Å². The molecule has 2 nitrogen and oxygen atoms in total. The fourth-order valence-corrected chi connectivity index (χ4v) is 5.87. The van der Waals surface area contributed by atoms with Gasteiger partial charge in [0.05, 0.1) is 5.60 Å². The number of benzene rings is 1. The van der Waals surface area contributed by atoms with Crippen LogP contribution in [0.5, 0.6) is 0 Å². The standard InChI is InChI=1S/C24H35NO/c1-18-21-13-8-16-24(26,17-19-9-4-2-5-10-19)22(21)14-15-23(18)25-20-11-6-3-7-12-20/h2,4-5,9-10,20,22-23,25-26H,3,6-8,11-17H2,1H3.